The van der Waals surface area contributed by atoms with Crippen molar-refractivity contribution >= 4 is 38.6 Å². The smallest absolute Gasteiger partial charge is 0.203 e. The highest BCUT2D eigenvalue weighted by molar-refractivity contribution is 9.10. The topological polar surface area (TPSA) is 55.7 Å². The fourth-order valence-corrected chi connectivity index (χ4v) is 2.70. The molecule has 0 unspecified atom stereocenters. The van der Waals surface area contributed by atoms with Crippen LogP contribution in [0.1, 0.15) is 19.4 Å². The molecule has 112 valence electrons. The van der Waals surface area contributed by atoms with E-state index in [9.17, 15) is 0 Å². The Balaban J connectivity index is 2.17. The van der Waals surface area contributed by atoms with Crippen LogP contribution in [-0.4, -0.2) is 24.4 Å². The van der Waals surface area contributed by atoms with Crippen molar-refractivity contribution in [3.05, 3.63) is 33.7 Å². The third kappa shape index (κ3) is 4.44. The van der Waals surface area contributed by atoms with Crippen molar-refractivity contribution in [3.8, 4) is 11.5 Å². The Hall–Kier alpha value is -1.60. The molecule has 0 bridgehead atoms. The Kier molecular flexibility index (Phi) is 6.01. The molecule has 7 heteroatoms. The number of anilines is 1. The first kappa shape index (κ1) is 15.8. The van der Waals surface area contributed by atoms with E-state index in [0.29, 0.717) is 24.7 Å². The number of hydrazone groups is 1. The van der Waals surface area contributed by atoms with Crippen molar-refractivity contribution in [2.24, 2.45) is 5.10 Å². The second kappa shape index (κ2) is 7.99. The minimum absolute atomic E-state index is 0.574. The van der Waals surface area contributed by atoms with Crippen LogP contribution in [0.25, 0.3) is 0 Å². The van der Waals surface area contributed by atoms with Gasteiger partial charge in [-0.2, -0.15) is 5.10 Å². The Morgan fingerprint density at radius 2 is 2.14 bits per heavy atom. The van der Waals surface area contributed by atoms with Crippen LogP contribution >= 0.6 is 27.3 Å². The predicted molar refractivity (Wildman–Crippen MR) is 89.8 cm³/mol. The summed E-state index contributed by atoms with van der Waals surface area (Å²) in [6, 6.07) is 3.83. The van der Waals surface area contributed by atoms with Gasteiger partial charge in [-0.3, -0.25) is 5.43 Å². The number of hydrogen-bond acceptors (Lipinski definition) is 6. The molecule has 0 fully saturated rings. The van der Waals surface area contributed by atoms with Crippen LogP contribution < -0.4 is 14.9 Å². The average molecular weight is 370 g/mol. The standard InChI is InChI=1S/C14H16BrN3O2S/c1-3-19-12-8-10(7-11(15)13(12)20-4-2)9-17-18-14-16-5-6-21-14/h5-9H,3-4H2,1-2H3,(H,16,18)/b17-9-. The molecule has 0 radical (unpaired) electrons. The van der Waals surface area contributed by atoms with Gasteiger partial charge < -0.3 is 9.47 Å². The van der Waals surface area contributed by atoms with Gasteiger partial charge in [-0.25, -0.2) is 4.98 Å². The van der Waals surface area contributed by atoms with E-state index in [0.717, 1.165) is 15.2 Å². The normalized spacial score (nSPS) is 10.8. The van der Waals surface area contributed by atoms with E-state index in [4.69, 9.17) is 9.47 Å². The maximum absolute atomic E-state index is 5.62. The molecular formula is C14H16BrN3O2S. The van der Waals surface area contributed by atoms with Gasteiger partial charge in [-0.1, -0.05) is 0 Å². The summed E-state index contributed by atoms with van der Waals surface area (Å²) in [6.45, 7) is 5.03. The lowest BCUT2D eigenvalue weighted by atomic mass is 10.2. The fraction of sp³-hybridized carbons (Fsp3) is 0.286. The largest absolute Gasteiger partial charge is 0.490 e. The first-order valence-electron chi connectivity index (χ1n) is 6.52. The van der Waals surface area contributed by atoms with Crippen molar-refractivity contribution in [2.75, 3.05) is 18.6 Å². The summed E-state index contributed by atoms with van der Waals surface area (Å²) in [5.74, 6) is 1.41. The zero-order valence-electron chi connectivity index (χ0n) is 11.8. The second-order valence-corrected chi connectivity index (χ2v) is 5.65. The van der Waals surface area contributed by atoms with Gasteiger partial charge in [0.05, 0.1) is 23.9 Å². The van der Waals surface area contributed by atoms with Gasteiger partial charge >= 0.3 is 0 Å². The Labute approximate surface area is 136 Å². The van der Waals surface area contributed by atoms with Gasteiger partial charge in [0, 0.05) is 11.6 Å². The zero-order chi connectivity index (χ0) is 15.1. The van der Waals surface area contributed by atoms with E-state index in [2.05, 4.69) is 31.4 Å². The molecule has 0 aliphatic heterocycles. The summed E-state index contributed by atoms with van der Waals surface area (Å²) in [5, 5.41) is 6.80. The number of ether oxygens (including phenoxy) is 2. The van der Waals surface area contributed by atoms with Crippen LogP contribution in [0.5, 0.6) is 11.5 Å². The van der Waals surface area contributed by atoms with E-state index in [1.807, 2.05) is 31.4 Å². The number of nitrogens with one attached hydrogen (secondary N) is 1. The molecule has 0 aliphatic rings. The number of rotatable bonds is 7. The summed E-state index contributed by atoms with van der Waals surface area (Å²) >= 11 is 4.99. The number of hydrogen-bond donors (Lipinski definition) is 1. The van der Waals surface area contributed by atoms with Crippen molar-refractivity contribution in [1.29, 1.82) is 0 Å². The van der Waals surface area contributed by atoms with Crippen molar-refractivity contribution in [1.82, 2.24) is 4.98 Å². The minimum atomic E-state index is 0.574. The molecule has 1 aromatic heterocycles. The molecule has 0 amide bonds. The molecule has 2 aromatic rings. The molecule has 0 spiro atoms. The molecule has 1 N–H and O–H groups in total. The van der Waals surface area contributed by atoms with E-state index < -0.39 is 0 Å². The van der Waals surface area contributed by atoms with Gasteiger partial charge in [-0.05, 0) is 47.5 Å². The molecule has 0 saturated heterocycles. The predicted octanol–water partition coefficient (Wildman–Crippen LogP) is 4.15. The van der Waals surface area contributed by atoms with Crippen molar-refractivity contribution in [2.45, 2.75) is 13.8 Å². The monoisotopic (exact) mass is 369 g/mol. The Morgan fingerprint density at radius 1 is 1.33 bits per heavy atom. The third-order valence-electron chi connectivity index (χ3n) is 2.43. The molecule has 5 nitrogen and oxygen atoms in total. The highest BCUT2D eigenvalue weighted by Gasteiger charge is 2.11. The molecule has 0 saturated carbocycles. The molecule has 0 aliphatic carbocycles. The van der Waals surface area contributed by atoms with E-state index in [1.54, 1.807) is 12.4 Å². The summed E-state index contributed by atoms with van der Waals surface area (Å²) in [7, 11) is 0. The van der Waals surface area contributed by atoms with Crippen LogP contribution in [0, 0.1) is 0 Å². The number of aromatic nitrogens is 1. The SMILES string of the molecule is CCOc1cc(/C=N\Nc2nccs2)cc(Br)c1OCC. The first-order chi connectivity index (χ1) is 10.2. The number of nitrogens with zero attached hydrogens (tertiary/aromatic N) is 2. The molecular weight excluding hydrogens is 354 g/mol. The number of benzene rings is 1. The highest BCUT2D eigenvalue weighted by Crippen LogP contribution is 2.36. The van der Waals surface area contributed by atoms with Gasteiger partial charge in [0.2, 0.25) is 5.13 Å². The van der Waals surface area contributed by atoms with E-state index >= 15 is 0 Å². The Morgan fingerprint density at radius 3 is 2.81 bits per heavy atom. The lowest BCUT2D eigenvalue weighted by molar-refractivity contribution is 0.286. The molecule has 21 heavy (non-hydrogen) atoms. The fourth-order valence-electron chi connectivity index (χ4n) is 1.65. The quantitative estimate of drug-likeness (QED) is 0.588. The van der Waals surface area contributed by atoms with Gasteiger partial charge in [0.25, 0.3) is 0 Å². The molecule has 1 heterocycles. The lowest BCUT2D eigenvalue weighted by Gasteiger charge is -2.13. The highest BCUT2D eigenvalue weighted by atomic mass is 79.9. The van der Waals surface area contributed by atoms with Crippen LogP contribution in [-0.2, 0) is 0 Å². The summed E-state index contributed by atoms with van der Waals surface area (Å²) < 4.78 is 12.1. The molecule has 0 atom stereocenters. The average Bonchev–Trinajstić information content (AvgIpc) is 2.96. The third-order valence-corrected chi connectivity index (χ3v) is 3.69. The molecule has 2 rings (SSSR count). The number of thiazole rings is 1. The van der Waals surface area contributed by atoms with Crippen LogP contribution in [0.4, 0.5) is 5.13 Å². The van der Waals surface area contributed by atoms with Gasteiger partial charge in [0.15, 0.2) is 11.5 Å². The Bertz CT molecular complexity index is 603. The van der Waals surface area contributed by atoms with Gasteiger partial charge in [-0.15, -0.1) is 11.3 Å². The number of halogens is 1. The van der Waals surface area contributed by atoms with Crippen LogP contribution in [0.15, 0.2) is 33.3 Å². The summed E-state index contributed by atoms with van der Waals surface area (Å²) in [5.41, 5.74) is 3.77. The first-order valence-corrected chi connectivity index (χ1v) is 8.19. The second-order valence-electron chi connectivity index (χ2n) is 3.90. The maximum atomic E-state index is 5.62. The summed E-state index contributed by atoms with van der Waals surface area (Å²) in [4.78, 5) is 4.09. The summed E-state index contributed by atoms with van der Waals surface area (Å²) in [6.07, 6.45) is 3.44. The van der Waals surface area contributed by atoms with Gasteiger partial charge in [0.1, 0.15) is 0 Å². The minimum Gasteiger partial charge on any atom is -0.490 e. The van der Waals surface area contributed by atoms with E-state index in [1.165, 1.54) is 11.3 Å². The van der Waals surface area contributed by atoms with Crippen molar-refractivity contribution < 1.29 is 9.47 Å². The maximum Gasteiger partial charge on any atom is 0.203 e. The lowest BCUT2D eigenvalue weighted by Crippen LogP contribution is -2.00. The zero-order valence-corrected chi connectivity index (χ0v) is 14.2. The molecule has 1 aromatic carbocycles. The van der Waals surface area contributed by atoms with E-state index in [-0.39, 0.29) is 0 Å². The van der Waals surface area contributed by atoms with Crippen LogP contribution in [0.3, 0.4) is 0 Å². The van der Waals surface area contributed by atoms with Crippen molar-refractivity contribution in [3.63, 3.8) is 0 Å². The van der Waals surface area contributed by atoms with Crippen LogP contribution in [0.2, 0.25) is 0 Å².